The third-order valence-electron chi connectivity index (χ3n) is 2.69. The summed E-state index contributed by atoms with van der Waals surface area (Å²) in [4.78, 5) is 0.717. The summed E-state index contributed by atoms with van der Waals surface area (Å²) in [7, 11) is 0. The number of hydrogen-bond donors (Lipinski definition) is 1. The fourth-order valence-electron chi connectivity index (χ4n) is 1.75. The van der Waals surface area contributed by atoms with Gasteiger partial charge in [0.15, 0.2) is 11.6 Å². The van der Waals surface area contributed by atoms with Crippen molar-refractivity contribution in [1.82, 2.24) is 0 Å². The SMILES string of the molecule is OC(CSc1cccc(F)c1)Cc1ccc(F)c(F)c1. The smallest absolute Gasteiger partial charge is 0.159 e. The van der Waals surface area contributed by atoms with Crippen LogP contribution in [0.4, 0.5) is 13.2 Å². The van der Waals surface area contributed by atoms with E-state index < -0.39 is 17.7 Å². The van der Waals surface area contributed by atoms with E-state index in [-0.39, 0.29) is 12.2 Å². The van der Waals surface area contributed by atoms with E-state index in [1.54, 1.807) is 12.1 Å². The van der Waals surface area contributed by atoms with Crippen molar-refractivity contribution in [3.63, 3.8) is 0 Å². The van der Waals surface area contributed by atoms with Gasteiger partial charge in [0.05, 0.1) is 6.10 Å². The van der Waals surface area contributed by atoms with Crippen molar-refractivity contribution >= 4 is 11.8 Å². The summed E-state index contributed by atoms with van der Waals surface area (Å²) in [5.41, 5.74) is 0.524. The van der Waals surface area contributed by atoms with Gasteiger partial charge in [0.25, 0.3) is 0 Å². The number of rotatable bonds is 5. The van der Waals surface area contributed by atoms with Gasteiger partial charge in [0, 0.05) is 10.6 Å². The van der Waals surface area contributed by atoms with Crippen LogP contribution in [0.2, 0.25) is 0 Å². The summed E-state index contributed by atoms with van der Waals surface area (Å²) in [5, 5.41) is 9.86. The van der Waals surface area contributed by atoms with Gasteiger partial charge in [-0.05, 0) is 42.3 Å². The minimum absolute atomic E-state index is 0.222. The molecule has 1 unspecified atom stereocenters. The average Bonchev–Trinajstić information content (AvgIpc) is 2.41. The Morgan fingerprint density at radius 2 is 1.80 bits per heavy atom. The lowest BCUT2D eigenvalue weighted by Gasteiger charge is -2.10. The predicted molar refractivity (Wildman–Crippen MR) is 73.2 cm³/mol. The Kier molecular flexibility index (Phi) is 5.09. The lowest BCUT2D eigenvalue weighted by atomic mass is 10.1. The fourth-order valence-corrected chi connectivity index (χ4v) is 2.62. The molecule has 0 amide bonds. The third-order valence-corrected chi connectivity index (χ3v) is 3.83. The molecule has 2 aromatic carbocycles. The Bertz CT molecular complexity index is 589. The molecule has 0 spiro atoms. The highest BCUT2D eigenvalue weighted by atomic mass is 32.2. The first-order chi connectivity index (χ1) is 9.54. The molecule has 0 saturated heterocycles. The first-order valence-corrected chi connectivity index (χ1v) is 7.03. The number of benzene rings is 2. The molecule has 0 aliphatic rings. The number of aliphatic hydroxyl groups excluding tert-OH is 1. The van der Waals surface area contributed by atoms with Gasteiger partial charge in [0.1, 0.15) is 5.82 Å². The highest BCUT2D eigenvalue weighted by Crippen LogP contribution is 2.21. The van der Waals surface area contributed by atoms with Gasteiger partial charge >= 0.3 is 0 Å². The van der Waals surface area contributed by atoms with Gasteiger partial charge < -0.3 is 5.11 Å². The van der Waals surface area contributed by atoms with Gasteiger partial charge in [-0.2, -0.15) is 0 Å². The molecule has 0 aliphatic heterocycles. The predicted octanol–water partition coefficient (Wildman–Crippen LogP) is 3.80. The molecule has 106 valence electrons. The summed E-state index contributed by atoms with van der Waals surface area (Å²) in [6.45, 7) is 0. The van der Waals surface area contributed by atoms with Crippen LogP contribution >= 0.6 is 11.8 Å². The fraction of sp³-hybridized carbons (Fsp3) is 0.200. The molecule has 0 radical (unpaired) electrons. The maximum absolute atomic E-state index is 13.0. The van der Waals surface area contributed by atoms with Crippen LogP contribution in [-0.2, 0) is 6.42 Å². The molecule has 1 N–H and O–H groups in total. The van der Waals surface area contributed by atoms with Crippen molar-refractivity contribution in [1.29, 1.82) is 0 Å². The van der Waals surface area contributed by atoms with Crippen molar-refractivity contribution in [3.05, 3.63) is 65.5 Å². The van der Waals surface area contributed by atoms with Gasteiger partial charge in [0.2, 0.25) is 0 Å². The molecule has 0 heterocycles. The molecule has 0 bridgehead atoms. The lowest BCUT2D eigenvalue weighted by molar-refractivity contribution is 0.200. The largest absolute Gasteiger partial charge is 0.392 e. The van der Waals surface area contributed by atoms with Crippen molar-refractivity contribution in [2.24, 2.45) is 0 Å². The molecule has 1 nitrogen and oxygen atoms in total. The molecule has 1 atom stereocenters. The topological polar surface area (TPSA) is 20.2 Å². The summed E-state index contributed by atoms with van der Waals surface area (Å²) in [6, 6.07) is 9.63. The second-order valence-electron chi connectivity index (χ2n) is 4.37. The van der Waals surface area contributed by atoms with Gasteiger partial charge in [-0.15, -0.1) is 11.8 Å². The Balaban J connectivity index is 1.89. The summed E-state index contributed by atoms with van der Waals surface area (Å²) in [6.07, 6.45) is -0.493. The second kappa shape index (κ2) is 6.81. The zero-order chi connectivity index (χ0) is 14.5. The monoisotopic (exact) mass is 298 g/mol. The van der Waals surface area contributed by atoms with E-state index in [0.29, 0.717) is 16.2 Å². The van der Waals surface area contributed by atoms with Crippen LogP contribution in [0.3, 0.4) is 0 Å². The minimum Gasteiger partial charge on any atom is -0.392 e. The van der Waals surface area contributed by atoms with E-state index in [1.165, 1.54) is 30.0 Å². The second-order valence-corrected chi connectivity index (χ2v) is 5.47. The van der Waals surface area contributed by atoms with Crippen LogP contribution in [0.5, 0.6) is 0 Å². The molecule has 0 fully saturated rings. The molecular weight excluding hydrogens is 285 g/mol. The van der Waals surface area contributed by atoms with Crippen molar-refractivity contribution < 1.29 is 18.3 Å². The Morgan fingerprint density at radius 3 is 2.50 bits per heavy atom. The highest BCUT2D eigenvalue weighted by Gasteiger charge is 2.09. The Morgan fingerprint density at radius 1 is 1.00 bits per heavy atom. The van der Waals surface area contributed by atoms with Crippen LogP contribution in [0.25, 0.3) is 0 Å². The van der Waals surface area contributed by atoms with Crippen molar-refractivity contribution in [2.45, 2.75) is 17.4 Å². The Hall–Kier alpha value is -1.46. The summed E-state index contributed by atoms with van der Waals surface area (Å²) >= 11 is 1.31. The molecule has 2 aromatic rings. The van der Waals surface area contributed by atoms with Crippen LogP contribution in [0.15, 0.2) is 47.4 Å². The number of aliphatic hydroxyl groups is 1. The molecule has 2 rings (SSSR count). The molecule has 0 saturated carbocycles. The molecular formula is C15H13F3OS. The van der Waals surface area contributed by atoms with Crippen LogP contribution < -0.4 is 0 Å². The lowest BCUT2D eigenvalue weighted by Crippen LogP contribution is -2.13. The summed E-state index contributed by atoms with van der Waals surface area (Å²) in [5.74, 6) is -1.81. The highest BCUT2D eigenvalue weighted by molar-refractivity contribution is 7.99. The van der Waals surface area contributed by atoms with E-state index in [9.17, 15) is 18.3 Å². The molecule has 20 heavy (non-hydrogen) atoms. The van der Waals surface area contributed by atoms with Crippen LogP contribution in [0.1, 0.15) is 5.56 Å². The van der Waals surface area contributed by atoms with E-state index in [1.807, 2.05) is 0 Å². The first-order valence-electron chi connectivity index (χ1n) is 6.05. The maximum atomic E-state index is 13.0. The van der Waals surface area contributed by atoms with Gasteiger partial charge in [-0.3, -0.25) is 0 Å². The van der Waals surface area contributed by atoms with Gasteiger partial charge in [-0.1, -0.05) is 12.1 Å². The molecule has 5 heteroatoms. The average molecular weight is 298 g/mol. The molecule has 0 aliphatic carbocycles. The zero-order valence-electron chi connectivity index (χ0n) is 10.5. The van der Waals surface area contributed by atoms with E-state index >= 15 is 0 Å². The van der Waals surface area contributed by atoms with E-state index in [2.05, 4.69) is 0 Å². The third kappa shape index (κ3) is 4.28. The van der Waals surface area contributed by atoms with Gasteiger partial charge in [-0.25, -0.2) is 13.2 Å². The first kappa shape index (κ1) is 14.9. The molecule has 0 aromatic heterocycles. The van der Waals surface area contributed by atoms with E-state index in [4.69, 9.17) is 0 Å². The van der Waals surface area contributed by atoms with Crippen LogP contribution in [-0.4, -0.2) is 17.0 Å². The van der Waals surface area contributed by atoms with E-state index in [0.717, 1.165) is 12.1 Å². The number of thioether (sulfide) groups is 1. The van der Waals surface area contributed by atoms with Crippen molar-refractivity contribution in [2.75, 3.05) is 5.75 Å². The normalized spacial score (nSPS) is 12.4. The maximum Gasteiger partial charge on any atom is 0.159 e. The van der Waals surface area contributed by atoms with Crippen LogP contribution in [0, 0.1) is 17.5 Å². The Labute approximate surface area is 119 Å². The summed E-state index contributed by atoms with van der Waals surface area (Å²) < 4.78 is 38.8. The standard InChI is InChI=1S/C15H13F3OS/c16-11-2-1-3-13(8-11)20-9-12(19)6-10-4-5-14(17)15(18)7-10/h1-5,7-8,12,19H,6,9H2. The van der Waals surface area contributed by atoms with Crippen molar-refractivity contribution in [3.8, 4) is 0 Å². The minimum atomic E-state index is -0.924. The number of halogens is 3. The number of hydrogen-bond acceptors (Lipinski definition) is 2. The quantitative estimate of drug-likeness (QED) is 0.847. The zero-order valence-corrected chi connectivity index (χ0v) is 11.3.